The van der Waals surface area contributed by atoms with E-state index in [-0.39, 0.29) is 29.9 Å². The smallest absolute Gasteiger partial charge is 0.373 e. The lowest BCUT2D eigenvalue weighted by Gasteiger charge is -2.17. The predicted octanol–water partition coefficient (Wildman–Crippen LogP) is 4.11. The van der Waals surface area contributed by atoms with E-state index < -0.39 is 17.9 Å². The molecule has 1 aromatic carbocycles. The van der Waals surface area contributed by atoms with Crippen LogP contribution in [0.15, 0.2) is 38.9 Å². The molecule has 2 heterocycles. The maximum absolute atomic E-state index is 12.8. The van der Waals surface area contributed by atoms with E-state index in [0.717, 1.165) is 11.3 Å². The highest BCUT2D eigenvalue weighted by Crippen LogP contribution is 2.35. The monoisotopic (exact) mass is 506 g/mol. The van der Waals surface area contributed by atoms with Gasteiger partial charge in [-0.3, -0.25) is 9.69 Å². The molecule has 1 atom stereocenters. The molecule has 0 aliphatic carbocycles. The lowest BCUT2D eigenvalue weighted by molar-refractivity contribution is -0.123. The van der Waals surface area contributed by atoms with E-state index in [4.69, 9.17) is 13.9 Å². The van der Waals surface area contributed by atoms with Gasteiger partial charge in [0.25, 0.3) is 5.91 Å². The second-order valence-corrected chi connectivity index (χ2v) is 7.85. The summed E-state index contributed by atoms with van der Waals surface area (Å²) >= 11 is 3.48. The lowest BCUT2D eigenvalue weighted by atomic mass is 10.1. The van der Waals surface area contributed by atoms with Crippen molar-refractivity contribution in [3.05, 3.63) is 51.5 Å². The number of ether oxygens (including phenoxy) is 3. The molecule has 0 radical (unpaired) electrons. The standard InChI is InChI=1S/C22H23BrN2O7/c1-5-12(2)31-19-10-15(23)13(9-18(19)29-3)8-16-20(26)25(22(28)24-16)11-14-6-7-17(32-14)21(27)30-4/h6-10,12H,5,11H2,1-4H3,(H,24,28)/b16-8-/t12-/m0/s1. The molecule has 1 saturated heterocycles. The van der Waals surface area contributed by atoms with Crippen LogP contribution in [0.5, 0.6) is 11.5 Å². The van der Waals surface area contributed by atoms with Crippen molar-refractivity contribution < 1.29 is 33.0 Å². The van der Waals surface area contributed by atoms with Crippen LogP contribution in [-0.4, -0.2) is 43.1 Å². The molecule has 1 N–H and O–H groups in total. The Morgan fingerprint density at radius 2 is 2.00 bits per heavy atom. The van der Waals surface area contributed by atoms with E-state index >= 15 is 0 Å². The van der Waals surface area contributed by atoms with Crippen LogP contribution in [0.2, 0.25) is 0 Å². The summed E-state index contributed by atoms with van der Waals surface area (Å²) < 4.78 is 21.9. The third-order valence-electron chi connectivity index (χ3n) is 4.81. The van der Waals surface area contributed by atoms with Crippen LogP contribution < -0.4 is 14.8 Å². The molecule has 10 heteroatoms. The number of urea groups is 1. The van der Waals surface area contributed by atoms with Crippen LogP contribution in [0.3, 0.4) is 0 Å². The van der Waals surface area contributed by atoms with Gasteiger partial charge in [0.15, 0.2) is 11.5 Å². The fourth-order valence-electron chi connectivity index (χ4n) is 2.91. The maximum Gasteiger partial charge on any atom is 0.373 e. The Kier molecular flexibility index (Phi) is 7.24. The Bertz CT molecular complexity index is 1080. The van der Waals surface area contributed by atoms with Crippen LogP contribution in [-0.2, 0) is 16.1 Å². The number of furan rings is 1. The summed E-state index contributed by atoms with van der Waals surface area (Å²) in [5.41, 5.74) is 0.711. The zero-order chi connectivity index (χ0) is 23.4. The van der Waals surface area contributed by atoms with Gasteiger partial charge in [-0.05, 0) is 49.2 Å². The van der Waals surface area contributed by atoms with E-state index in [0.29, 0.717) is 21.5 Å². The van der Waals surface area contributed by atoms with Gasteiger partial charge in [-0.15, -0.1) is 0 Å². The first-order valence-electron chi connectivity index (χ1n) is 9.83. The van der Waals surface area contributed by atoms with Crippen LogP contribution in [0.1, 0.15) is 42.1 Å². The molecule has 3 rings (SSSR count). The lowest BCUT2D eigenvalue weighted by Crippen LogP contribution is -2.30. The number of esters is 1. The highest BCUT2D eigenvalue weighted by atomic mass is 79.9. The number of imide groups is 1. The van der Waals surface area contributed by atoms with E-state index in [1.54, 1.807) is 18.2 Å². The van der Waals surface area contributed by atoms with Gasteiger partial charge >= 0.3 is 12.0 Å². The zero-order valence-corrected chi connectivity index (χ0v) is 19.6. The summed E-state index contributed by atoms with van der Waals surface area (Å²) in [5.74, 6) is 0.148. The molecule has 1 aliphatic rings. The number of carbonyl (C=O) groups excluding carboxylic acids is 3. The Morgan fingerprint density at radius 1 is 1.25 bits per heavy atom. The van der Waals surface area contributed by atoms with Crippen molar-refractivity contribution in [2.24, 2.45) is 0 Å². The van der Waals surface area contributed by atoms with Crippen LogP contribution in [0.25, 0.3) is 6.08 Å². The summed E-state index contributed by atoms with van der Waals surface area (Å²) in [5, 5.41) is 2.56. The Morgan fingerprint density at radius 3 is 2.66 bits per heavy atom. The SMILES string of the molecule is CC[C@H](C)Oc1cc(Br)c(/C=C2\NC(=O)N(Cc3ccc(C(=O)OC)o3)C2=O)cc1OC. The second-order valence-electron chi connectivity index (χ2n) is 7.00. The van der Waals surface area contributed by atoms with Crippen LogP contribution in [0, 0.1) is 0 Å². The number of rotatable bonds is 8. The summed E-state index contributed by atoms with van der Waals surface area (Å²) in [6.45, 7) is 3.84. The van der Waals surface area contributed by atoms with E-state index in [2.05, 4.69) is 26.0 Å². The third-order valence-corrected chi connectivity index (χ3v) is 5.50. The Labute approximate surface area is 193 Å². The quantitative estimate of drug-likeness (QED) is 0.326. The molecule has 0 bridgehead atoms. The molecule has 0 saturated carbocycles. The van der Waals surface area contributed by atoms with E-state index in [1.165, 1.54) is 26.4 Å². The molecule has 0 unspecified atom stereocenters. The molecule has 170 valence electrons. The van der Waals surface area contributed by atoms with Gasteiger partial charge in [-0.2, -0.15) is 0 Å². The Balaban J connectivity index is 1.82. The van der Waals surface area contributed by atoms with E-state index in [1.807, 2.05) is 13.8 Å². The van der Waals surface area contributed by atoms with Gasteiger partial charge in [0.1, 0.15) is 11.5 Å². The number of halogens is 1. The average Bonchev–Trinajstić information content (AvgIpc) is 3.35. The summed E-state index contributed by atoms with van der Waals surface area (Å²) in [6, 6.07) is 5.80. The number of hydrogen-bond acceptors (Lipinski definition) is 7. The number of nitrogens with zero attached hydrogens (tertiary/aromatic N) is 1. The summed E-state index contributed by atoms with van der Waals surface area (Å²) in [6.07, 6.45) is 2.38. The van der Waals surface area contributed by atoms with Gasteiger partial charge in [0.05, 0.1) is 26.9 Å². The fraction of sp³-hybridized carbons (Fsp3) is 0.318. The number of benzene rings is 1. The molecular weight excluding hydrogens is 484 g/mol. The molecular formula is C22H23BrN2O7. The van der Waals surface area contributed by atoms with Crippen molar-refractivity contribution in [1.82, 2.24) is 10.2 Å². The molecule has 32 heavy (non-hydrogen) atoms. The molecule has 9 nitrogen and oxygen atoms in total. The first-order chi connectivity index (χ1) is 15.3. The van der Waals surface area contributed by atoms with Crippen molar-refractivity contribution in [3.63, 3.8) is 0 Å². The van der Waals surface area contributed by atoms with Crippen molar-refractivity contribution in [2.45, 2.75) is 32.9 Å². The highest BCUT2D eigenvalue weighted by Gasteiger charge is 2.34. The first-order valence-corrected chi connectivity index (χ1v) is 10.6. The topological polar surface area (TPSA) is 107 Å². The van der Waals surface area contributed by atoms with Gasteiger partial charge < -0.3 is 23.9 Å². The van der Waals surface area contributed by atoms with Crippen LogP contribution in [0.4, 0.5) is 4.79 Å². The van der Waals surface area contributed by atoms with Crippen LogP contribution >= 0.6 is 15.9 Å². The maximum atomic E-state index is 12.8. The predicted molar refractivity (Wildman–Crippen MR) is 118 cm³/mol. The largest absolute Gasteiger partial charge is 0.493 e. The number of amides is 3. The molecule has 1 fully saturated rings. The minimum Gasteiger partial charge on any atom is -0.493 e. The third kappa shape index (κ3) is 4.96. The van der Waals surface area contributed by atoms with Crippen molar-refractivity contribution in [3.8, 4) is 11.5 Å². The summed E-state index contributed by atoms with van der Waals surface area (Å²) in [4.78, 5) is 37.7. The normalized spacial score (nSPS) is 15.7. The molecule has 2 aromatic rings. The minimum atomic E-state index is -0.645. The van der Waals surface area contributed by atoms with Crippen molar-refractivity contribution >= 4 is 39.9 Å². The Hall–Kier alpha value is -3.27. The average molecular weight is 507 g/mol. The van der Waals surface area contributed by atoms with Gasteiger partial charge in [-0.25, -0.2) is 9.59 Å². The molecule has 0 spiro atoms. The van der Waals surface area contributed by atoms with Gasteiger partial charge in [0, 0.05) is 4.47 Å². The van der Waals surface area contributed by atoms with Crippen molar-refractivity contribution in [1.29, 1.82) is 0 Å². The van der Waals surface area contributed by atoms with Crippen molar-refractivity contribution in [2.75, 3.05) is 14.2 Å². The minimum absolute atomic E-state index is 0.00515. The van der Waals surface area contributed by atoms with Gasteiger partial charge in [0.2, 0.25) is 5.76 Å². The number of carbonyl (C=O) groups is 3. The highest BCUT2D eigenvalue weighted by molar-refractivity contribution is 9.10. The second kappa shape index (κ2) is 9.90. The van der Waals surface area contributed by atoms with E-state index in [9.17, 15) is 14.4 Å². The fourth-order valence-corrected chi connectivity index (χ4v) is 3.35. The molecule has 3 amide bonds. The molecule has 1 aromatic heterocycles. The first kappa shape index (κ1) is 23.4. The number of methoxy groups -OCH3 is 2. The molecule has 1 aliphatic heterocycles. The zero-order valence-electron chi connectivity index (χ0n) is 18.1. The summed E-state index contributed by atoms with van der Waals surface area (Å²) in [7, 11) is 2.76. The number of hydrogen-bond donors (Lipinski definition) is 1. The van der Waals surface area contributed by atoms with Gasteiger partial charge in [-0.1, -0.05) is 22.9 Å². The number of nitrogens with one attached hydrogen (secondary N) is 1.